The van der Waals surface area contributed by atoms with Gasteiger partial charge in [-0.3, -0.25) is 0 Å². The van der Waals surface area contributed by atoms with E-state index in [-0.39, 0.29) is 6.10 Å². The van der Waals surface area contributed by atoms with Gasteiger partial charge in [-0.25, -0.2) is 0 Å². The first-order valence-corrected chi connectivity index (χ1v) is 13.8. The smallest absolute Gasteiger partial charge is 0.115 e. The van der Waals surface area contributed by atoms with Crippen molar-refractivity contribution in [3.63, 3.8) is 0 Å². The number of hydrogen-bond acceptors (Lipinski definition) is 1. The molecule has 4 rings (SSSR count). The zero-order valence-corrected chi connectivity index (χ0v) is 21.5. The second-order valence-electron chi connectivity index (χ2n) is 13.0. The second kappa shape index (κ2) is 9.15. The van der Waals surface area contributed by atoms with Crippen LogP contribution < -0.4 is 0 Å². The van der Waals surface area contributed by atoms with Crippen LogP contribution in [0.3, 0.4) is 0 Å². The van der Waals surface area contributed by atoms with E-state index in [0.29, 0.717) is 10.8 Å². The first kappa shape index (κ1) is 23.8. The highest BCUT2D eigenvalue weighted by Crippen LogP contribution is 2.67. The molecule has 0 N–H and O–H groups in total. The van der Waals surface area contributed by atoms with Crippen molar-refractivity contribution in [1.29, 1.82) is 0 Å². The average Bonchev–Trinajstić information content (AvgIpc) is 3.10. The number of allylic oxidation sites excluding steroid dienone is 1. The molecule has 0 aromatic rings. The van der Waals surface area contributed by atoms with Gasteiger partial charge in [0.25, 0.3) is 0 Å². The van der Waals surface area contributed by atoms with Crippen molar-refractivity contribution in [3.8, 4) is 0 Å². The molecule has 176 valence electrons. The van der Waals surface area contributed by atoms with Crippen LogP contribution in [0.4, 0.5) is 0 Å². The lowest BCUT2D eigenvalue weighted by molar-refractivity contribution is -0.0585. The third-order valence-electron chi connectivity index (χ3n) is 11.5. The highest BCUT2D eigenvalue weighted by molar-refractivity contribution is 5.25. The molecule has 4 aliphatic rings. The van der Waals surface area contributed by atoms with E-state index in [0.717, 1.165) is 54.3 Å². The van der Waals surface area contributed by atoms with E-state index < -0.39 is 0 Å². The van der Waals surface area contributed by atoms with Crippen molar-refractivity contribution in [2.45, 2.75) is 118 Å². The molecule has 0 spiro atoms. The molecule has 9 atom stereocenters. The lowest BCUT2D eigenvalue weighted by atomic mass is 9.47. The summed E-state index contributed by atoms with van der Waals surface area (Å²) in [5.41, 5.74) is 2.68. The van der Waals surface area contributed by atoms with Crippen LogP contribution in [-0.4, -0.2) is 6.10 Å². The van der Waals surface area contributed by atoms with Crippen molar-refractivity contribution in [2.24, 2.45) is 52.3 Å². The van der Waals surface area contributed by atoms with Gasteiger partial charge in [-0.2, -0.15) is 0 Å². The number of hydrogen-bond donors (Lipinski definition) is 0. The quantitative estimate of drug-likeness (QED) is 0.370. The fraction of sp³-hybridized carbons (Fsp3) is 0.900. The third-order valence-corrected chi connectivity index (χ3v) is 11.5. The van der Waals surface area contributed by atoms with E-state index >= 15 is 0 Å². The van der Waals surface area contributed by atoms with E-state index in [2.05, 4.69) is 47.6 Å². The van der Waals surface area contributed by atoms with Crippen molar-refractivity contribution in [1.82, 2.24) is 0 Å². The van der Waals surface area contributed by atoms with Crippen LogP contribution in [0.15, 0.2) is 11.6 Å². The molecule has 0 aromatic heterocycles. The first-order chi connectivity index (χ1) is 14.7. The van der Waals surface area contributed by atoms with Crippen LogP contribution in [-0.2, 0) is 4.74 Å². The lowest BCUT2D eigenvalue weighted by Gasteiger charge is -2.58. The number of rotatable bonds is 7. The molecule has 3 fully saturated rings. The lowest BCUT2D eigenvalue weighted by Crippen LogP contribution is -2.50. The minimum Gasteiger partial charge on any atom is -0.369 e. The summed E-state index contributed by atoms with van der Waals surface area (Å²) >= 11 is 0. The molecule has 1 heteroatoms. The second-order valence-corrected chi connectivity index (χ2v) is 13.0. The summed E-state index contributed by atoms with van der Waals surface area (Å²) in [7, 11) is 5.57. The van der Waals surface area contributed by atoms with Crippen LogP contribution in [0.5, 0.6) is 0 Å². The fourth-order valence-corrected chi connectivity index (χ4v) is 9.41. The maximum atomic E-state index is 5.57. The Bertz CT molecular complexity index is 649. The highest BCUT2D eigenvalue weighted by Gasteiger charge is 2.59. The van der Waals surface area contributed by atoms with Gasteiger partial charge >= 0.3 is 0 Å². The first-order valence-electron chi connectivity index (χ1n) is 13.8. The molecular formula is C30H50O. The largest absolute Gasteiger partial charge is 0.369 e. The SMILES string of the molecule is [CH]OC1CCC2(C)C(=CCC3C2CCC2(C)C(C(C)CCC(CC)C(C)C)CCC32)C1. The van der Waals surface area contributed by atoms with E-state index in [1.54, 1.807) is 5.57 Å². The Morgan fingerprint density at radius 1 is 1.03 bits per heavy atom. The molecular weight excluding hydrogens is 376 g/mol. The summed E-state index contributed by atoms with van der Waals surface area (Å²) < 4.78 is 5.27. The number of ether oxygens (including phenoxy) is 1. The zero-order chi connectivity index (χ0) is 22.4. The van der Waals surface area contributed by atoms with Gasteiger partial charge < -0.3 is 4.74 Å². The van der Waals surface area contributed by atoms with Gasteiger partial charge in [0, 0.05) is 0 Å². The molecule has 1 nitrogen and oxygen atoms in total. The maximum absolute atomic E-state index is 5.57. The van der Waals surface area contributed by atoms with E-state index in [4.69, 9.17) is 11.8 Å². The van der Waals surface area contributed by atoms with Crippen molar-refractivity contribution >= 4 is 0 Å². The summed E-state index contributed by atoms with van der Waals surface area (Å²) in [4.78, 5) is 0. The monoisotopic (exact) mass is 426 g/mol. The van der Waals surface area contributed by atoms with Gasteiger partial charge in [-0.05, 0) is 110 Å². The summed E-state index contributed by atoms with van der Waals surface area (Å²) in [6, 6.07) is 0. The van der Waals surface area contributed by atoms with E-state index in [1.807, 2.05) is 0 Å². The molecule has 0 aromatic carbocycles. The molecule has 9 unspecified atom stereocenters. The zero-order valence-electron chi connectivity index (χ0n) is 21.5. The Balaban J connectivity index is 1.47. The molecule has 0 aliphatic heterocycles. The maximum Gasteiger partial charge on any atom is 0.115 e. The fourth-order valence-electron chi connectivity index (χ4n) is 9.41. The standard InChI is InChI=1S/C30H50O/c1-8-22(20(2)3)10-9-21(4)26-13-14-27-25-12-11-23-19-24(31-7)15-17-29(23,5)28(25)16-18-30(26,27)6/h7,11,20-22,24-28H,8-10,12-19H2,1-6H3. The Labute approximate surface area is 194 Å². The Morgan fingerprint density at radius 3 is 2.48 bits per heavy atom. The minimum atomic E-state index is 0.249. The van der Waals surface area contributed by atoms with Crippen LogP contribution in [0.2, 0.25) is 0 Å². The molecule has 4 aliphatic carbocycles. The predicted molar refractivity (Wildman–Crippen MR) is 131 cm³/mol. The van der Waals surface area contributed by atoms with Gasteiger partial charge in [-0.1, -0.05) is 66.0 Å². The van der Waals surface area contributed by atoms with Crippen LogP contribution in [0.1, 0.15) is 112 Å². The number of fused-ring (bicyclic) bond motifs is 5. The Kier molecular flexibility index (Phi) is 7.04. The topological polar surface area (TPSA) is 9.23 Å². The van der Waals surface area contributed by atoms with Crippen LogP contribution in [0, 0.1) is 59.4 Å². The van der Waals surface area contributed by atoms with Gasteiger partial charge in [0.1, 0.15) is 7.11 Å². The van der Waals surface area contributed by atoms with E-state index in [9.17, 15) is 0 Å². The van der Waals surface area contributed by atoms with Crippen molar-refractivity contribution < 1.29 is 4.74 Å². The molecule has 2 radical (unpaired) electrons. The predicted octanol–water partition coefficient (Wildman–Crippen LogP) is 8.72. The van der Waals surface area contributed by atoms with Crippen molar-refractivity contribution in [2.75, 3.05) is 0 Å². The van der Waals surface area contributed by atoms with Crippen molar-refractivity contribution in [3.05, 3.63) is 18.8 Å². The summed E-state index contributed by atoms with van der Waals surface area (Å²) in [5, 5.41) is 0. The van der Waals surface area contributed by atoms with Crippen LogP contribution >= 0.6 is 0 Å². The summed E-state index contributed by atoms with van der Waals surface area (Å²) in [6.45, 7) is 15.1. The third kappa shape index (κ3) is 4.08. The van der Waals surface area contributed by atoms with Gasteiger partial charge in [0.15, 0.2) is 0 Å². The molecule has 31 heavy (non-hydrogen) atoms. The molecule has 0 saturated heterocycles. The highest BCUT2D eigenvalue weighted by atomic mass is 16.5. The van der Waals surface area contributed by atoms with Gasteiger partial charge in [0.05, 0.1) is 6.10 Å². The Hall–Kier alpha value is -0.300. The molecule has 0 amide bonds. The molecule has 3 saturated carbocycles. The van der Waals surface area contributed by atoms with Crippen LogP contribution in [0.25, 0.3) is 0 Å². The average molecular weight is 427 g/mol. The minimum absolute atomic E-state index is 0.249. The normalized spacial score (nSPS) is 44.3. The summed E-state index contributed by atoms with van der Waals surface area (Å²) in [6.07, 6.45) is 17.8. The summed E-state index contributed by atoms with van der Waals surface area (Å²) in [5.74, 6) is 6.34. The molecule has 0 bridgehead atoms. The Morgan fingerprint density at radius 2 is 1.81 bits per heavy atom. The van der Waals surface area contributed by atoms with Gasteiger partial charge in [0.2, 0.25) is 0 Å². The molecule has 0 heterocycles. The van der Waals surface area contributed by atoms with E-state index in [1.165, 1.54) is 57.8 Å². The van der Waals surface area contributed by atoms with Gasteiger partial charge in [-0.15, -0.1) is 0 Å².